The lowest BCUT2D eigenvalue weighted by molar-refractivity contribution is -0.143. The standard InChI is InChI=1S/C13H4Cl3F6N/c14-6-2-7(10(16)9(15)3-6)8-1-5(12(17,18)19)4-23-11(8)13(20,21)22/h1-4H. The van der Waals surface area contributed by atoms with Crippen LogP contribution in [0.15, 0.2) is 24.4 Å². The molecule has 0 radical (unpaired) electrons. The minimum absolute atomic E-state index is 0.0834. The minimum Gasteiger partial charge on any atom is -0.251 e. The van der Waals surface area contributed by atoms with Gasteiger partial charge in [0.15, 0.2) is 5.69 Å². The molecular weight excluding hydrogens is 390 g/mol. The summed E-state index contributed by atoms with van der Waals surface area (Å²) < 4.78 is 77.4. The summed E-state index contributed by atoms with van der Waals surface area (Å²) in [6, 6.07) is 2.45. The molecule has 1 heterocycles. The van der Waals surface area contributed by atoms with Crippen molar-refractivity contribution in [2.75, 3.05) is 0 Å². The number of hydrogen-bond donors (Lipinski definition) is 0. The van der Waals surface area contributed by atoms with E-state index in [1.807, 2.05) is 0 Å². The molecule has 0 fully saturated rings. The van der Waals surface area contributed by atoms with E-state index in [9.17, 15) is 26.3 Å². The van der Waals surface area contributed by atoms with Crippen molar-refractivity contribution in [2.24, 2.45) is 0 Å². The van der Waals surface area contributed by atoms with Gasteiger partial charge in [0, 0.05) is 22.3 Å². The molecule has 0 unspecified atom stereocenters. The maximum atomic E-state index is 13.0. The van der Waals surface area contributed by atoms with Crippen LogP contribution in [-0.4, -0.2) is 4.98 Å². The number of pyridine rings is 1. The van der Waals surface area contributed by atoms with Crippen LogP contribution < -0.4 is 0 Å². The fraction of sp³-hybridized carbons (Fsp3) is 0.154. The van der Waals surface area contributed by atoms with Crippen molar-refractivity contribution in [3.63, 3.8) is 0 Å². The Morgan fingerprint density at radius 3 is 1.91 bits per heavy atom. The molecule has 0 atom stereocenters. The van der Waals surface area contributed by atoms with E-state index >= 15 is 0 Å². The second-order valence-electron chi connectivity index (χ2n) is 4.36. The Morgan fingerprint density at radius 2 is 1.39 bits per heavy atom. The van der Waals surface area contributed by atoms with Gasteiger partial charge in [0.05, 0.1) is 15.6 Å². The fourth-order valence-electron chi connectivity index (χ4n) is 1.80. The lowest BCUT2D eigenvalue weighted by atomic mass is 10.0. The zero-order valence-electron chi connectivity index (χ0n) is 10.7. The average Bonchev–Trinajstić information content (AvgIpc) is 2.40. The van der Waals surface area contributed by atoms with Crippen molar-refractivity contribution in [3.05, 3.63) is 50.7 Å². The molecule has 0 aliphatic carbocycles. The van der Waals surface area contributed by atoms with Crippen molar-refractivity contribution in [3.8, 4) is 11.1 Å². The van der Waals surface area contributed by atoms with E-state index in [-0.39, 0.29) is 21.3 Å². The summed E-state index contributed by atoms with van der Waals surface area (Å²) in [6.07, 6.45) is -9.76. The van der Waals surface area contributed by atoms with Crippen molar-refractivity contribution in [2.45, 2.75) is 12.4 Å². The maximum Gasteiger partial charge on any atom is 0.433 e. The van der Waals surface area contributed by atoms with Crippen LogP contribution in [0.25, 0.3) is 11.1 Å². The summed E-state index contributed by atoms with van der Waals surface area (Å²) in [5.41, 5.74) is -4.13. The van der Waals surface area contributed by atoms with Gasteiger partial charge in [-0.2, -0.15) is 26.3 Å². The topological polar surface area (TPSA) is 12.9 Å². The molecule has 1 aromatic heterocycles. The molecule has 0 N–H and O–H groups in total. The highest BCUT2D eigenvalue weighted by Crippen LogP contribution is 2.43. The van der Waals surface area contributed by atoms with E-state index < -0.39 is 34.7 Å². The monoisotopic (exact) mass is 393 g/mol. The van der Waals surface area contributed by atoms with Crippen LogP contribution in [0.2, 0.25) is 15.1 Å². The lowest BCUT2D eigenvalue weighted by Gasteiger charge is -2.16. The van der Waals surface area contributed by atoms with E-state index in [0.717, 1.165) is 12.1 Å². The third-order valence-electron chi connectivity index (χ3n) is 2.77. The van der Waals surface area contributed by atoms with E-state index in [0.29, 0.717) is 6.07 Å². The first kappa shape index (κ1) is 18.2. The van der Waals surface area contributed by atoms with Crippen molar-refractivity contribution in [1.29, 1.82) is 0 Å². The third-order valence-corrected chi connectivity index (χ3v) is 3.79. The van der Waals surface area contributed by atoms with Gasteiger partial charge < -0.3 is 0 Å². The van der Waals surface area contributed by atoms with Crippen molar-refractivity contribution < 1.29 is 26.3 Å². The first-order chi connectivity index (χ1) is 10.4. The third kappa shape index (κ3) is 3.84. The Hall–Kier alpha value is -1.18. The van der Waals surface area contributed by atoms with Crippen LogP contribution in [0.4, 0.5) is 26.3 Å². The maximum absolute atomic E-state index is 13.0. The van der Waals surface area contributed by atoms with Crippen LogP contribution in [0, 0.1) is 0 Å². The Morgan fingerprint density at radius 1 is 0.783 bits per heavy atom. The number of benzene rings is 1. The van der Waals surface area contributed by atoms with E-state index in [2.05, 4.69) is 4.98 Å². The van der Waals surface area contributed by atoms with Crippen molar-refractivity contribution >= 4 is 34.8 Å². The van der Waals surface area contributed by atoms with Crippen LogP contribution >= 0.6 is 34.8 Å². The minimum atomic E-state index is -4.99. The van der Waals surface area contributed by atoms with Crippen LogP contribution in [-0.2, 0) is 12.4 Å². The lowest BCUT2D eigenvalue weighted by Crippen LogP contribution is -2.13. The number of aromatic nitrogens is 1. The predicted octanol–water partition coefficient (Wildman–Crippen LogP) is 6.75. The molecule has 0 saturated heterocycles. The number of nitrogens with zero attached hydrogens (tertiary/aromatic N) is 1. The predicted molar refractivity (Wildman–Crippen MR) is 74.7 cm³/mol. The van der Waals surface area contributed by atoms with Gasteiger partial charge in [0.25, 0.3) is 0 Å². The van der Waals surface area contributed by atoms with E-state index in [4.69, 9.17) is 34.8 Å². The van der Waals surface area contributed by atoms with Gasteiger partial charge in [-0.3, -0.25) is 4.98 Å². The number of rotatable bonds is 1. The highest BCUT2D eigenvalue weighted by atomic mass is 35.5. The molecule has 124 valence electrons. The zero-order chi connectivity index (χ0) is 17.6. The van der Waals surface area contributed by atoms with Gasteiger partial charge in [0.2, 0.25) is 0 Å². The van der Waals surface area contributed by atoms with Gasteiger partial charge in [-0.1, -0.05) is 34.8 Å². The van der Waals surface area contributed by atoms with Crippen molar-refractivity contribution in [1.82, 2.24) is 4.98 Å². The van der Waals surface area contributed by atoms with Crippen LogP contribution in [0.5, 0.6) is 0 Å². The first-order valence-corrected chi connectivity index (χ1v) is 6.84. The smallest absolute Gasteiger partial charge is 0.251 e. The molecule has 0 spiro atoms. The molecule has 10 heteroatoms. The molecule has 0 aliphatic heterocycles. The van der Waals surface area contributed by atoms with E-state index in [1.54, 1.807) is 0 Å². The molecule has 0 amide bonds. The summed E-state index contributed by atoms with van der Waals surface area (Å²) in [6.45, 7) is 0. The van der Waals surface area contributed by atoms with Gasteiger partial charge in [0.1, 0.15) is 0 Å². The Labute approximate surface area is 140 Å². The molecule has 1 nitrogen and oxygen atoms in total. The molecule has 0 bridgehead atoms. The first-order valence-electron chi connectivity index (χ1n) is 5.70. The summed E-state index contributed by atoms with van der Waals surface area (Å²) >= 11 is 17.2. The van der Waals surface area contributed by atoms with Gasteiger partial charge in [-0.15, -0.1) is 0 Å². The van der Waals surface area contributed by atoms with Gasteiger partial charge >= 0.3 is 12.4 Å². The highest BCUT2D eigenvalue weighted by Gasteiger charge is 2.39. The SMILES string of the molecule is FC(F)(F)c1cnc(C(F)(F)F)c(-c2cc(Cl)cc(Cl)c2Cl)c1. The van der Waals surface area contributed by atoms with Crippen LogP contribution in [0.3, 0.4) is 0 Å². The van der Waals surface area contributed by atoms with Crippen LogP contribution in [0.1, 0.15) is 11.3 Å². The molecule has 2 rings (SSSR count). The Bertz CT molecular complexity index is 755. The second kappa shape index (κ2) is 6.03. The number of hydrogen-bond acceptors (Lipinski definition) is 1. The quantitative estimate of drug-likeness (QED) is 0.385. The summed E-state index contributed by atoms with van der Waals surface area (Å²) in [7, 11) is 0. The second-order valence-corrected chi connectivity index (χ2v) is 5.59. The largest absolute Gasteiger partial charge is 0.433 e. The molecular formula is C13H4Cl3F6N. The Balaban J connectivity index is 2.83. The van der Waals surface area contributed by atoms with Gasteiger partial charge in [-0.25, -0.2) is 0 Å². The molecule has 2 aromatic rings. The molecule has 0 saturated carbocycles. The Kier molecular flexibility index (Phi) is 4.76. The molecule has 23 heavy (non-hydrogen) atoms. The average molecular weight is 395 g/mol. The summed E-state index contributed by atoms with van der Waals surface area (Å²) in [4.78, 5) is 2.90. The number of halogens is 9. The van der Waals surface area contributed by atoms with E-state index in [1.165, 1.54) is 0 Å². The van der Waals surface area contributed by atoms with Gasteiger partial charge in [-0.05, 0) is 18.2 Å². The molecule has 0 aliphatic rings. The zero-order valence-corrected chi connectivity index (χ0v) is 12.9. The summed E-state index contributed by atoms with van der Waals surface area (Å²) in [5, 5.41) is -0.637. The summed E-state index contributed by atoms with van der Waals surface area (Å²) in [5.74, 6) is 0. The number of alkyl halides is 6. The normalized spacial score (nSPS) is 12.6. The molecule has 1 aromatic carbocycles. The highest BCUT2D eigenvalue weighted by molar-refractivity contribution is 6.45. The fourth-order valence-corrected chi connectivity index (χ4v) is 2.51.